The molecule has 3 heteroatoms. The molecule has 0 spiro atoms. The van der Waals surface area contributed by atoms with Crippen LogP contribution in [0.2, 0.25) is 0 Å². The molecule has 0 radical (unpaired) electrons. The highest BCUT2D eigenvalue weighted by Gasteiger charge is 2.49. The summed E-state index contributed by atoms with van der Waals surface area (Å²) in [7, 11) is 0. The van der Waals surface area contributed by atoms with Gasteiger partial charge in [0.2, 0.25) is 0 Å². The Kier molecular flexibility index (Phi) is 2.49. The minimum absolute atomic E-state index is 0.00810. The Morgan fingerprint density at radius 1 is 1.33 bits per heavy atom. The molecule has 18 heavy (non-hydrogen) atoms. The molecule has 2 fully saturated rings. The molecule has 3 nitrogen and oxygen atoms in total. The highest BCUT2D eigenvalue weighted by atomic mass is 16.6. The van der Waals surface area contributed by atoms with Crippen molar-refractivity contribution in [3.8, 4) is 0 Å². The summed E-state index contributed by atoms with van der Waals surface area (Å²) in [6.07, 6.45) is 1.77. The molecule has 1 saturated carbocycles. The maximum Gasteiger partial charge on any atom is 0.334 e. The van der Waals surface area contributed by atoms with E-state index in [-0.39, 0.29) is 23.9 Å². The van der Waals surface area contributed by atoms with Crippen molar-refractivity contribution >= 4 is 5.97 Å². The maximum atomic E-state index is 11.6. The van der Waals surface area contributed by atoms with Gasteiger partial charge in [-0.2, -0.15) is 0 Å². The second-order valence-electron chi connectivity index (χ2n) is 5.63. The molecule has 2 aliphatic carbocycles. The van der Waals surface area contributed by atoms with Crippen LogP contribution in [0.5, 0.6) is 0 Å². The molecule has 0 aromatic rings. The molecule has 1 aliphatic heterocycles. The van der Waals surface area contributed by atoms with Crippen LogP contribution in [0.1, 0.15) is 26.2 Å². The third-order valence-electron chi connectivity index (χ3n) is 4.62. The number of fused-ring (bicyclic) bond motifs is 2. The van der Waals surface area contributed by atoms with E-state index in [1.807, 2.05) is 0 Å². The number of aliphatic hydroxyl groups excluding tert-OH is 1. The fourth-order valence-electron chi connectivity index (χ4n) is 3.66. The number of ether oxygens (including phenoxy) is 1. The SMILES string of the molecule is C=C1CCC2=C(C)C[C@@H]3OC(=O)C(=C)[C@H]3[C@H](O)[C@H]12. The molecule has 4 atom stereocenters. The molecule has 0 aromatic heterocycles. The first-order chi connectivity index (χ1) is 8.50. The lowest BCUT2D eigenvalue weighted by Crippen LogP contribution is -2.33. The Hall–Kier alpha value is -1.35. The van der Waals surface area contributed by atoms with Crippen LogP contribution in [0.4, 0.5) is 0 Å². The lowest BCUT2D eigenvalue weighted by Gasteiger charge is -2.25. The van der Waals surface area contributed by atoms with Crippen molar-refractivity contribution in [3.63, 3.8) is 0 Å². The summed E-state index contributed by atoms with van der Waals surface area (Å²) in [6, 6.07) is 0. The lowest BCUT2D eigenvalue weighted by molar-refractivity contribution is -0.139. The van der Waals surface area contributed by atoms with Crippen molar-refractivity contribution in [2.75, 3.05) is 0 Å². The molecule has 1 heterocycles. The van der Waals surface area contributed by atoms with E-state index in [1.54, 1.807) is 0 Å². The van der Waals surface area contributed by atoms with Gasteiger partial charge >= 0.3 is 5.97 Å². The molecule has 3 rings (SSSR count). The van der Waals surface area contributed by atoms with Gasteiger partial charge < -0.3 is 9.84 Å². The normalized spacial score (nSPS) is 39.6. The molecular formula is C15H18O3. The van der Waals surface area contributed by atoms with E-state index in [0.717, 1.165) is 18.4 Å². The van der Waals surface area contributed by atoms with Gasteiger partial charge in [-0.25, -0.2) is 4.79 Å². The first-order valence-corrected chi connectivity index (χ1v) is 6.44. The van der Waals surface area contributed by atoms with Crippen molar-refractivity contribution in [1.29, 1.82) is 0 Å². The molecular weight excluding hydrogens is 228 g/mol. The predicted molar refractivity (Wildman–Crippen MR) is 67.7 cm³/mol. The highest BCUT2D eigenvalue weighted by Crippen LogP contribution is 2.48. The number of esters is 1. The molecule has 0 aromatic carbocycles. The Morgan fingerprint density at radius 2 is 2.06 bits per heavy atom. The summed E-state index contributed by atoms with van der Waals surface area (Å²) in [5, 5.41) is 10.6. The van der Waals surface area contributed by atoms with Crippen molar-refractivity contribution in [2.45, 2.75) is 38.4 Å². The highest BCUT2D eigenvalue weighted by molar-refractivity contribution is 5.91. The molecule has 0 bridgehead atoms. The monoisotopic (exact) mass is 246 g/mol. The number of carbonyl (C=O) groups excluding carboxylic acids is 1. The Bertz CT molecular complexity index is 486. The smallest absolute Gasteiger partial charge is 0.334 e. The molecule has 0 amide bonds. The van der Waals surface area contributed by atoms with Gasteiger partial charge in [-0.05, 0) is 19.8 Å². The van der Waals surface area contributed by atoms with Crippen LogP contribution >= 0.6 is 0 Å². The number of hydrogen-bond donors (Lipinski definition) is 1. The van der Waals surface area contributed by atoms with Gasteiger partial charge in [-0.3, -0.25) is 0 Å². The molecule has 1 N–H and O–H groups in total. The third-order valence-corrected chi connectivity index (χ3v) is 4.62. The van der Waals surface area contributed by atoms with Gasteiger partial charge in [-0.1, -0.05) is 29.9 Å². The zero-order valence-corrected chi connectivity index (χ0v) is 10.6. The second-order valence-corrected chi connectivity index (χ2v) is 5.63. The van der Waals surface area contributed by atoms with E-state index in [4.69, 9.17) is 4.74 Å². The third kappa shape index (κ3) is 1.43. The van der Waals surface area contributed by atoms with Crippen LogP contribution in [0.15, 0.2) is 35.5 Å². The largest absolute Gasteiger partial charge is 0.458 e. The topological polar surface area (TPSA) is 46.5 Å². The number of carbonyl (C=O) groups is 1. The van der Waals surface area contributed by atoms with Crippen LogP contribution in [0.25, 0.3) is 0 Å². The first kappa shape index (κ1) is 11.7. The predicted octanol–water partition coefficient (Wildman–Crippen LogP) is 2.13. The van der Waals surface area contributed by atoms with Gasteiger partial charge in [0, 0.05) is 17.9 Å². The van der Waals surface area contributed by atoms with E-state index < -0.39 is 6.10 Å². The summed E-state index contributed by atoms with van der Waals surface area (Å²) in [5.74, 6) is -0.639. The summed E-state index contributed by atoms with van der Waals surface area (Å²) in [4.78, 5) is 11.6. The van der Waals surface area contributed by atoms with Gasteiger partial charge in [0.15, 0.2) is 0 Å². The van der Waals surface area contributed by atoms with E-state index in [1.165, 1.54) is 11.1 Å². The van der Waals surface area contributed by atoms with Crippen LogP contribution in [0, 0.1) is 11.8 Å². The van der Waals surface area contributed by atoms with Gasteiger partial charge in [0.25, 0.3) is 0 Å². The zero-order chi connectivity index (χ0) is 13.0. The Balaban J connectivity index is 2.06. The maximum absolute atomic E-state index is 11.6. The van der Waals surface area contributed by atoms with E-state index >= 15 is 0 Å². The van der Waals surface area contributed by atoms with Gasteiger partial charge in [-0.15, -0.1) is 0 Å². The average molecular weight is 246 g/mol. The Morgan fingerprint density at radius 3 is 2.78 bits per heavy atom. The van der Waals surface area contributed by atoms with Crippen molar-refractivity contribution in [1.82, 2.24) is 0 Å². The number of aliphatic hydroxyl groups is 1. The quantitative estimate of drug-likeness (QED) is 0.404. The van der Waals surface area contributed by atoms with Crippen molar-refractivity contribution < 1.29 is 14.6 Å². The fourth-order valence-corrected chi connectivity index (χ4v) is 3.66. The van der Waals surface area contributed by atoms with Gasteiger partial charge in [0.1, 0.15) is 6.10 Å². The average Bonchev–Trinajstić information content (AvgIpc) is 2.78. The summed E-state index contributed by atoms with van der Waals surface area (Å²) in [6.45, 7) is 9.94. The van der Waals surface area contributed by atoms with E-state index in [9.17, 15) is 9.90 Å². The minimum Gasteiger partial charge on any atom is -0.458 e. The van der Waals surface area contributed by atoms with Gasteiger partial charge in [0.05, 0.1) is 12.0 Å². The standard InChI is InChI=1S/C15H18O3/c1-7-4-5-10-8(2)6-11-13(14(16)12(7)10)9(3)15(17)18-11/h11-14,16H,1,3-6H2,2H3/t11-,12+,13+,14+/m0/s1. The van der Waals surface area contributed by atoms with E-state index in [0.29, 0.717) is 12.0 Å². The molecule has 96 valence electrons. The number of hydrogen-bond acceptors (Lipinski definition) is 3. The zero-order valence-electron chi connectivity index (χ0n) is 10.6. The fraction of sp³-hybridized carbons (Fsp3) is 0.533. The van der Waals surface area contributed by atoms with Crippen LogP contribution in [0.3, 0.4) is 0 Å². The van der Waals surface area contributed by atoms with Crippen LogP contribution in [-0.4, -0.2) is 23.3 Å². The Labute approximate surface area is 107 Å². The molecule has 3 aliphatic rings. The number of rotatable bonds is 0. The lowest BCUT2D eigenvalue weighted by atomic mass is 9.82. The van der Waals surface area contributed by atoms with E-state index in [2.05, 4.69) is 20.1 Å². The second kappa shape index (κ2) is 3.82. The molecule has 1 saturated heterocycles. The van der Waals surface area contributed by atoms with Crippen molar-refractivity contribution in [2.24, 2.45) is 11.8 Å². The van der Waals surface area contributed by atoms with Crippen LogP contribution < -0.4 is 0 Å². The summed E-state index contributed by atoms with van der Waals surface area (Å²) >= 11 is 0. The van der Waals surface area contributed by atoms with Crippen molar-refractivity contribution in [3.05, 3.63) is 35.5 Å². The summed E-state index contributed by atoms with van der Waals surface area (Å²) < 4.78 is 5.34. The van der Waals surface area contributed by atoms with Crippen LogP contribution in [-0.2, 0) is 9.53 Å². The first-order valence-electron chi connectivity index (χ1n) is 6.44. The minimum atomic E-state index is -0.614. The molecule has 0 unspecified atom stereocenters. The summed E-state index contributed by atoms with van der Waals surface area (Å²) in [5.41, 5.74) is 4.03.